The van der Waals surface area contributed by atoms with Crippen molar-refractivity contribution in [2.75, 3.05) is 20.3 Å². The summed E-state index contributed by atoms with van der Waals surface area (Å²) in [5.41, 5.74) is 1.57. The van der Waals surface area contributed by atoms with Crippen LogP contribution in [0.4, 0.5) is 0 Å². The smallest absolute Gasteiger partial charge is 0.164 e. The fourth-order valence-electron chi connectivity index (χ4n) is 1.76. The summed E-state index contributed by atoms with van der Waals surface area (Å²) in [6.45, 7) is 8.12. The van der Waals surface area contributed by atoms with E-state index in [0.29, 0.717) is 30.1 Å². The number of hydrogen-bond acceptors (Lipinski definition) is 4. The minimum atomic E-state index is 0.00195. The first-order valence-corrected chi connectivity index (χ1v) is 6.35. The van der Waals surface area contributed by atoms with Gasteiger partial charge in [0.15, 0.2) is 11.5 Å². The molecule has 1 aromatic rings. The predicted octanol–water partition coefficient (Wildman–Crippen LogP) is 3.11. The van der Waals surface area contributed by atoms with Gasteiger partial charge in [-0.3, -0.25) is 0 Å². The lowest BCUT2D eigenvalue weighted by Crippen LogP contribution is -2.05. The Morgan fingerprint density at radius 2 is 2.05 bits per heavy atom. The lowest BCUT2D eigenvalue weighted by molar-refractivity contribution is 0.226. The van der Waals surface area contributed by atoms with Crippen molar-refractivity contribution in [3.05, 3.63) is 29.8 Å². The van der Waals surface area contributed by atoms with Crippen LogP contribution >= 0.6 is 0 Å². The number of ether oxygens (including phenoxy) is 2. The monoisotopic (exact) mass is 266 g/mol. The first kappa shape index (κ1) is 15.4. The molecule has 0 atom stereocenters. The number of aliphatic hydroxyl groups is 2. The summed E-state index contributed by atoms with van der Waals surface area (Å²) in [6.07, 6.45) is 0.565. The van der Waals surface area contributed by atoms with E-state index >= 15 is 0 Å². The van der Waals surface area contributed by atoms with E-state index in [1.165, 1.54) is 0 Å². The fourth-order valence-corrected chi connectivity index (χ4v) is 1.76. The molecule has 0 aliphatic heterocycles. The minimum Gasteiger partial charge on any atom is -0.508 e. The third kappa shape index (κ3) is 3.89. The molecule has 4 nitrogen and oxygen atoms in total. The van der Waals surface area contributed by atoms with Crippen LogP contribution in [0.25, 0.3) is 5.76 Å². The van der Waals surface area contributed by atoms with Crippen LogP contribution in [0, 0.1) is 0 Å². The second kappa shape index (κ2) is 7.04. The molecule has 1 rings (SSSR count). The fraction of sp³-hybridized carbons (Fsp3) is 0.467. The Balaban J connectivity index is 3.20. The van der Waals surface area contributed by atoms with Crippen LogP contribution in [0.5, 0.6) is 11.5 Å². The summed E-state index contributed by atoms with van der Waals surface area (Å²) in [7, 11) is 1.56. The molecule has 0 heterocycles. The van der Waals surface area contributed by atoms with Gasteiger partial charge in [0.25, 0.3) is 0 Å². The Labute approximate surface area is 114 Å². The molecule has 0 unspecified atom stereocenters. The lowest BCUT2D eigenvalue weighted by atomic mass is 9.98. The Kier molecular flexibility index (Phi) is 5.70. The third-order valence-electron chi connectivity index (χ3n) is 2.81. The van der Waals surface area contributed by atoms with E-state index in [0.717, 1.165) is 5.56 Å². The van der Waals surface area contributed by atoms with Gasteiger partial charge in [0.05, 0.1) is 13.7 Å². The average Bonchev–Trinajstić information content (AvgIpc) is 2.38. The molecule has 106 valence electrons. The molecule has 0 bridgehead atoms. The van der Waals surface area contributed by atoms with Crippen LogP contribution in [-0.2, 0) is 0 Å². The number of rotatable bonds is 7. The van der Waals surface area contributed by atoms with E-state index in [1.807, 2.05) is 19.9 Å². The maximum atomic E-state index is 9.53. The maximum absolute atomic E-state index is 9.53. The highest BCUT2D eigenvalue weighted by Gasteiger charge is 2.16. The van der Waals surface area contributed by atoms with Crippen molar-refractivity contribution in [3.8, 4) is 11.5 Å². The van der Waals surface area contributed by atoms with Gasteiger partial charge in [-0.15, -0.1) is 0 Å². The maximum Gasteiger partial charge on any atom is 0.164 e. The minimum absolute atomic E-state index is 0.00195. The molecule has 0 saturated carbocycles. The standard InChI is InChI=1S/C15H22O4/c1-10(2)13-8-12(11(3)17)9-14(18-4)15(13)19-7-5-6-16/h8-10,16-17H,3,5-7H2,1-2,4H3. The zero-order valence-electron chi connectivity index (χ0n) is 11.8. The number of hydrogen-bond donors (Lipinski definition) is 2. The summed E-state index contributed by atoms with van der Waals surface area (Å²) in [6, 6.07) is 3.55. The van der Waals surface area contributed by atoms with Gasteiger partial charge < -0.3 is 19.7 Å². The first-order chi connectivity index (χ1) is 9.01. The summed E-state index contributed by atoms with van der Waals surface area (Å²) in [5, 5.41) is 18.3. The summed E-state index contributed by atoms with van der Waals surface area (Å²) < 4.78 is 11.0. The molecular weight excluding hydrogens is 244 g/mol. The van der Waals surface area contributed by atoms with Gasteiger partial charge in [-0.25, -0.2) is 0 Å². The number of methoxy groups -OCH3 is 1. The normalized spacial score (nSPS) is 10.6. The second-order valence-electron chi connectivity index (χ2n) is 4.62. The van der Waals surface area contributed by atoms with Gasteiger partial charge in [-0.05, 0) is 18.1 Å². The molecule has 1 aromatic carbocycles. The second-order valence-corrected chi connectivity index (χ2v) is 4.62. The SMILES string of the molecule is C=C(O)c1cc(OC)c(OCCCO)c(C(C)C)c1. The number of aliphatic hydroxyl groups excluding tert-OH is 2. The predicted molar refractivity (Wildman–Crippen MR) is 75.9 cm³/mol. The van der Waals surface area contributed by atoms with Crippen LogP contribution < -0.4 is 9.47 Å². The third-order valence-corrected chi connectivity index (χ3v) is 2.81. The first-order valence-electron chi connectivity index (χ1n) is 6.35. The van der Waals surface area contributed by atoms with Gasteiger partial charge >= 0.3 is 0 Å². The van der Waals surface area contributed by atoms with Gasteiger partial charge in [0.2, 0.25) is 0 Å². The van der Waals surface area contributed by atoms with Gasteiger partial charge in [-0.1, -0.05) is 20.4 Å². The zero-order chi connectivity index (χ0) is 14.4. The van der Waals surface area contributed by atoms with Crippen molar-refractivity contribution >= 4 is 5.76 Å². The molecular formula is C15H22O4. The highest BCUT2D eigenvalue weighted by atomic mass is 16.5. The highest BCUT2D eigenvalue weighted by Crippen LogP contribution is 2.38. The van der Waals surface area contributed by atoms with Crippen LogP contribution in [0.1, 0.15) is 37.3 Å². The van der Waals surface area contributed by atoms with E-state index in [1.54, 1.807) is 13.2 Å². The molecule has 0 aliphatic carbocycles. The molecule has 0 aromatic heterocycles. The van der Waals surface area contributed by atoms with Crippen LogP contribution in [0.15, 0.2) is 18.7 Å². The van der Waals surface area contributed by atoms with Crippen molar-refractivity contribution in [2.24, 2.45) is 0 Å². The molecule has 0 aliphatic rings. The van der Waals surface area contributed by atoms with Crippen LogP contribution in [0.2, 0.25) is 0 Å². The quantitative estimate of drug-likeness (QED) is 0.588. The molecule has 0 saturated heterocycles. The van der Waals surface area contributed by atoms with Gasteiger partial charge in [0, 0.05) is 24.2 Å². The Morgan fingerprint density at radius 3 is 2.53 bits per heavy atom. The van der Waals surface area contributed by atoms with Gasteiger partial charge in [0.1, 0.15) is 5.76 Å². The van der Waals surface area contributed by atoms with E-state index in [4.69, 9.17) is 14.6 Å². The molecule has 0 fully saturated rings. The molecule has 0 radical (unpaired) electrons. The van der Waals surface area contributed by atoms with E-state index in [2.05, 4.69) is 6.58 Å². The Bertz CT molecular complexity index is 438. The lowest BCUT2D eigenvalue weighted by Gasteiger charge is -2.18. The van der Waals surface area contributed by atoms with Crippen molar-refractivity contribution < 1.29 is 19.7 Å². The molecule has 2 N–H and O–H groups in total. The highest BCUT2D eigenvalue weighted by molar-refractivity contribution is 5.63. The van der Waals surface area contributed by atoms with E-state index in [-0.39, 0.29) is 18.3 Å². The average molecular weight is 266 g/mol. The van der Waals surface area contributed by atoms with Gasteiger partial charge in [-0.2, -0.15) is 0 Å². The molecule has 0 amide bonds. The van der Waals surface area contributed by atoms with Crippen molar-refractivity contribution in [3.63, 3.8) is 0 Å². The summed E-state index contributed by atoms with van der Waals surface area (Å²) >= 11 is 0. The zero-order valence-corrected chi connectivity index (χ0v) is 11.8. The van der Waals surface area contributed by atoms with E-state index < -0.39 is 0 Å². The van der Waals surface area contributed by atoms with Crippen molar-refractivity contribution in [1.82, 2.24) is 0 Å². The van der Waals surface area contributed by atoms with Crippen LogP contribution in [-0.4, -0.2) is 30.5 Å². The number of benzene rings is 1. The Hall–Kier alpha value is -1.68. The molecule has 19 heavy (non-hydrogen) atoms. The van der Waals surface area contributed by atoms with E-state index in [9.17, 15) is 5.11 Å². The largest absolute Gasteiger partial charge is 0.508 e. The Morgan fingerprint density at radius 1 is 1.37 bits per heavy atom. The van der Waals surface area contributed by atoms with Crippen molar-refractivity contribution in [1.29, 1.82) is 0 Å². The summed E-state index contributed by atoms with van der Waals surface area (Å²) in [4.78, 5) is 0. The molecule has 0 spiro atoms. The topological polar surface area (TPSA) is 58.9 Å². The summed E-state index contributed by atoms with van der Waals surface area (Å²) in [5.74, 6) is 1.45. The van der Waals surface area contributed by atoms with Crippen LogP contribution in [0.3, 0.4) is 0 Å². The molecule has 4 heteroatoms. The van der Waals surface area contributed by atoms with Crippen molar-refractivity contribution in [2.45, 2.75) is 26.2 Å².